The van der Waals surface area contributed by atoms with Gasteiger partial charge in [-0.05, 0) is 67.3 Å². The second-order valence-electron chi connectivity index (χ2n) is 7.63. The van der Waals surface area contributed by atoms with Crippen molar-refractivity contribution in [3.05, 3.63) is 56.6 Å². The number of aromatic hydroxyl groups is 1. The summed E-state index contributed by atoms with van der Waals surface area (Å²) >= 11 is 9.27. The number of nitrogens with zero attached hydrogens (tertiary/aromatic N) is 2. The summed E-state index contributed by atoms with van der Waals surface area (Å²) < 4.78 is 33.8. The zero-order valence-corrected chi connectivity index (χ0v) is 21.3. The number of phenols is 1. The molecule has 1 heterocycles. The Kier molecular flexibility index (Phi) is 7.24. The number of hydrogen-bond acceptors (Lipinski definition) is 6. The van der Waals surface area contributed by atoms with Crippen LogP contribution in [-0.2, 0) is 33.9 Å². The number of aryl methyl sites for hydroxylation is 1. The summed E-state index contributed by atoms with van der Waals surface area (Å²) in [6.07, 6.45) is 0. The second-order valence-corrected chi connectivity index (χ2v) is 10.9. The third-order valence-electron chi connectivity index (χ3n) is 5.09. The standard InChI is InChI=1S/C22H24BrClN2O5S/c1-5-31-22(28)20-18(12-32(29,30)14-8-6-13(24)7-9-14)26(4)17-10-16(23)21(27)15(19(17)20)11-25(2)3/h6-10,27H,5,11-12H2,1-4H3. The van der Waals surface area contributed by atoms with Crippen molar-refractivity contribution < 1.29 is 23.1 Å². The highest BCUT2D eigenvalue weighted by Gasteiger charge is 2.30. The van der Waals surface area contributed by atoms with Gasteiger partial charge in [-0.3, -0.25) is 0 Å². The lowest BCUT2D eigenvalue weighted by Gasteiger charge is -2.15. The summed E-state index contributed by atoms with van der Waals surface area (Å²) in [5.74, 6) is -1.07. The van der Waals surface area contributed by atoms with Crippen LogP contribution in [0.5, 0.6) is 5.75 Å². The average molecular weight is 544 g/mol. The van der Waals surface area contributed by atoms with Gasteiger partial charge in [0.1, 0.15) is 5.75 Å². The van der Waals surface area contributed by atoms with E-state index in [9.17, 15) is 18.3 Å². The molecular weight excluding hydrogens is 520 g/mol. The monoisotopic (exact) mass is 542 g/mol. The maximum Gasteiger partial charge on any atom is 0.340 e. The fourth-order valence-electron chi connectivity index (χ4n) is 3.65. The lowest BCUT2D eigenvalue weighted by molar-refractivity contribution is 0.0527. The molecule has 0 saturated carbocycles. The van der Waals surface area contributed by atoms with E-state index in [0.717, 1.165) is 0 Å². The number of phenolic OH excluding ortho intramolecular Hbond substituents is 1. The van der Waals surface area contributed by atoms with Gasteiger partial charge in [-0.2, -0.15) is 0 Å². The van der Waals surface area contributed by atoms with Gasteiger partial charge in [0.2, 0.25) is 0 Å². The molecular formula is C22H24BrClN2O5S. The topological polar surface area (TPSA) is 88.8 Å². The predicted molar refractivity (Wildman–Crippen MR) is 128 cm³/mol. The van der Waals surface area contributed by atoms with Crippen molar-refractivity contribution in [2.24, 2.45) is 7.05 Å². The SMILES string of the molecule is CCOC(=O)c1c(CS(=O)(=O)c2ccc(Cl)cc2)n(C)c2cc(Br)c(O)c(CN(C)C)c12. The minimum Gasteiger partial charge on any atom is -0.506 e. The smallest absolute Gasteiger partial charge is 0.340 e. The van der Waals surface area contributed by atoms with E-state index in [2.05, 4.69) is 15.9 Å². The third-order valence-corrected chi connectivity index (χ3v) is 7.59. The molecule has 0 aliphatic heterocycles. The fourth-order valence-corrected chi connectivity index (χ4v) is 5.64. The summed E-state index contributed by atoms with van der Waals surface area (Å²) in [7, 11) is 1.57. The van der Waals surface area contributed by atoms with Gasteiger partial charge >= 0.3 is 5.97 Å². The van der Waals surface area contributed by atoms with Crippen LogP contribution in [0.4, 0.5) is 0 Å². The van der Waals surface area contributed by atoms with Crippen LogP contribution in [0.2, 0.25) is 5.02 Å². The molecule has 172 valence electrons. The molecule has 0 aliphatic carbocycles. The predicted octanol–water partition coefficient (Wildman–Crippen LogP) is 4.51. The molecule has 0 aliphatic rings. The molecule has 10 heteroatoms. The van der Waals surface area contributed by atoms with E-state index in [4.69, 9.17) is 16.3 Å². The van der Waals surface area contributed by atoms with E-state index in [0.29, 0.717) is 32.5 Å². The van der Waals surface area contributed by atoms with Crippen LogP contribution in [0.1, 0.15) is 28.5 Å². The number of ether oxygens (including phenoxy) is 1. The quantitative estimate of drug-likeness (QED) is 0.441. The molecule has 0 amide bonds. The van der Waals surface area contributed by atoms with Crippen molar-refractivity contribution in [1.82, 2.24) is 9.47 Å². The highest BCUT2D eigenvalue weighted by molar-refractivity contribution is 9.10. The van der Waals surface area contributed by atoms with Crippen molar-refractivity contribution in [3.8, 4) is 5.75 Å². The largest absolute Gasteiger partial charge is 0.506 e. The first-order valence-corrected chi connectivity index (χ1v) is 12.6. The Morgan fingerprint density at radius 1 is 1.25 bits per heavy atom. The van der Waals surface area contributed by atoms with Crippen molar-refractivity contribution in [2.75, 3.05) is 20.7 Å². The van der Waals surface area contributed by atoms with Gasteiger partial charge in [0.25, 0.3) is 0 Å². The molecule has 2 aromatic carbocycles. The van der Waals surface area contributed by atoms with Crippen LogP contribution >= 0.6 is 27.5 Å². The molecule has 0 unspecified atom stereocenters. The summed E-state index contributed by atoms with van der Waals surface area (Å²) in [6.45, 7) is 2.15. The molecule has 1 N–H and O–H groups in total. The number of esters is 1. The minimum atomic E-state index is -3.80. The first-order valence-electron chi connectivity index (χ1n) is 9.79. The average Bonchev–Trinajstić information content (AvgIpc) is 2.97. The molecule has 0 radical (unpaired) electrons. The van der Waals surface area contributed by atoms with E-state index in [1.165, 1.54) is 24.3 Å². The number of benzene rings is 2. The Hall–Kier alpha value is -2.07. The molecule has 0 fully saturated rings. The van der Waals surface area contributed by atoms with Crippen LogP contribution in [0.3, 0.4) is 0 Å². The molecule has 3 aromatic rings. The molecule has 0 spiro atoms. The van der Waals surface area contributed by atoms with Crippen LogP contribution in [0.15, 0.2) is 39.7 Å². The highest BCUT2D eigenvalue weighted by atomic mass is 79.9. The van der Waals surface area contributed by atoms with E-state index in [-0.39, 0.29) is 28.5 Å². The number of rotatable bonds is 7. The van der Waals surface area contributed by atoms with Crippen LogP contribution < -0.4 is 0 Å². The summed E-state index contributed by atoms with van der Waals surface area (Å²) in [5.41, 5.74) is 1.54. The first-order chi connectivity index (χ1) is 15.0. The van der Waals surface area contributed by atoms with Crippen molar-refractivity contribution in [1.29, 1.82) is 0 Å². The van der Waals surface area contributed by atoms with Crippen LogP contribution in [0, 0.1) is 0 Å². The second kappa shape index (κ2) is 9.43. The number of aromatic nitrogens is 1. The van der Waals surface area contributed by atoms with Gasteiger partial charge in [-0.15, -0.1) is 0 Å². The minimum absolute atomic E-state index is 0.00513. The van der Waals surface area contributed by atoms with Gasteiger partial charge in [-0.25, -0.2) is 13.2 Å². The Labute approximate surface area is 200 Å². The van der Waals surface area contributed by atoms with Gasteiger partial charge in [0.05, 0.1) is 32.8 Å². The molecule has 7 nitrogen and oxygen atoms in total. The van der Waals surface area contributed by atoms with Gasteiger partial charge in [0, 0.05) is 35.3 Å². The zero-order chi connectivity index (χ0) is 23.8. The van der Waals surface area contributed by atoms with Crippen molar-refractivity contribution in [3.63, 3.8) is 0 Å². The number of carbonyl (C=O) groups excluding carboxylic acids is 1. The van der Waals surface area contributed by atoms with E-state index in [1.54, 1.807) is 24.6 Å². The maximum atomic E-state index is 13.2. The summed E-state index contributed by atoms with van der Waals surface area (Å²) in [5, 5.41) is 11.7. The van der Waals surface area contributed by atoms with Gasteiger partial charge < -0.3 is 19.3 Å². The number of hydrogen-bond donors (Lipinski definition) is 1. The normalized spacial score (nSPS) is 12.0. The molecule has 3 rings (SSSR count). The molecule has 0 bridgehead atoms. The summed E-state index contributed by atoms with van der Waals surface area (Å²) in [6, 6.07) is 7.55. The van der Waals surface area contributed by atoms with Gasteiger partial charge in [-0.1, -0.05) is 11.6 Å². The summed E-state index contributed by atoms with van der Waals surface area (Å²) in [4.78, 5) is 15.0. The number of fused-ring (bicyclic) bond motifs is 1. The van der Waals surface area contributed by atoms with Crippen LogP contribution in [-0.4, -0.2) is 49.7 Å². The number of sulfone groups is 1. The maximum absolute atomic E-state index is 13.2. The lowest BCUT2D eigenvalue weighted by atomic mass is 10.0. The van der Waals surface area contributed by atoms with Gasteiger partial charge in [0.15, 0.2) is 9.84 Å². The molecule has 32 heavy (non-hydrogen) atoms. The highest BCUT2D eigenvalue weighted by Crippen LogP contribution is 2.40. The fraction of sp³-hybridized carbons (Fsp3) is 0.318. The van der Waals surface area contributed by atoms with Crippen LogP contribution in [0.25, 0.3) is 10.9 Å². The molecule has 0 saturated heterocycles. The number of halogens is 2. The molecule has 1 aromatic heterocycles. The lowest BCUT2D eigenvalue weighted by Crippen LogP contribution is -2.15. The van der Waals surface area contributed by atoms with E-state index in [1.807, 2.05) is 19.0 Å². The van der Waals surface area contributed by atoms with E-state index >= 15 is 0 Å². The first kappa shape index (κ1) is 24.6. The Balaban J connectivity index is 2.32. The Bertz CT molecular complexity index is 1280. The van der Waals surface area contributed by atoms with Crippen molar-refractivity contribution in [2.45, 2.75) is 24.1 Å². The zero-order valence-electron chi connectivity index (χ0n) is 18.1. The third kappa shape index (κ3) is 4.66. The Morgan fingerprint density at radius 3 is 2.44 bits per heavy atom. The van der Waals surface area contributed by atoms with Crippen molar-refractivity contribution >= 4 is 54.2 Å². The van der Waals surface area contributed by atoms with E-state index < -0.39 is 21.6 Å². The molecule has 0 atom stereocenters. The Morgan fingerprint density at radius 2 is 1.88 bits per heavy atom. The number of carbonyl (C=O) groups is 1.